The Bertz CT molecular complexity index is 1030. The van der Waals surface area contributed by atoms with E-state index in [0.29, 0.717) is 11.7 Å². The van der Waals surface area contributed by atoms with Crippen LogP contribution in [0.4, 0.5) is 0 Å². The lowest BCUT2D eigenvalue weighted by atomic mass is 9.93. The lowest BCUT2D eigenvalue weighted by Gasteiger charge is -2.33. The Labute approximate surface area is 175 Å². The normalized spacial score (nSPS) is 19.7. The van der Waals surface area contributed by atoms with Crippen LogP contribution in [-0.2, 0) is 12.8 Å². The minimum absolute atomic E-state index is 0.196. The first-order valence-electron chi connectivity index (χ1n) is 10.7. The van der Waals surface area contributed by atoms with Crippen molar-refractivity contribution < 1.29 is 4.79 Å². The van der Waals surface area contributed by atoms with Gasteiger partial charge in [-0.2, -0.15) is 10.1 Å². The Hall–Kier alpha value is -2.28. The monoisotopic (exact) mass is 409 g/mol. The van der Waals surface area contributed by atoms with Crippen LogP contribution in [0.5, 0.6) is 0 Å². The minimum atomic E-state index is 0.196. The van der Waals surface area contributed by atoms with Crippen LogP contribution in [0.3, 0.4) is 0 Å². The molecule has 4 heterocycles. The molecule has 29 heavy (non-hydrogen) atoms. The number of amides is 1. The summed E-state index contributed by atoms with van der Waals surface area (Å²) in [5.74, 6) is 1.43. The second-order valence-electron chi connectivity index (χ2n) is 8.59. The van der Waals surface area contributed by atoms with Crippen LogP contribution in [0.15, 0.2) is 18.5 Å². The van der Waals surface area contributed by atoms with Crippen molar-refractivity contribution in [3.63, 3.8) is 0 Å². The van der Waals surface area contributed by atoms with E-state index in [2.05, 4.69) is 41.0 Å². The number of aromatic nitrogens is 4. The molecule has 1 saturated heterocycles. The number of hydrogen-bond donors (Lipinski definition) is 0. The molecular formula is C22H27N5OS. The third kappa shape index (κ3) is 3.45. The Morgan fingerprint density at radius 3 is 2.90 bits per heavy atom. The van der Waals surface area contributed by atoms with Gasteiger partial charge in [0.1, 0.15) is 6.33 Å². The molecule has 1 fully saturated rings. The molecule has 0 aromatic carbocycles. The largest absolute Gasteiger partial charge is 0.337 e. The fraction of sp³-hybridized carbons (Fsp3) is 0.545. The molecule has 0 saturated carbocycles. The summed E-state index contributed by atoms with van der Waals surface area (Å²) in [6, 6.07) is 4.32. The van der Waals surface area contributed by atoms with Gasteiger partial charge in [-0.3, -0.25) is 4.79 Å². The number of hydrogen-bond acceptors (Lipinski definition) is 5. The van der Waals surface area contributed by atoms with Gasteiger partial charge in [-0.25, -0.2) is 9.50 Å². The number of aryl methyl sites for hydroxylation is 2. The number of nitrogens with zero attached hydrogens (tertiary/aromatic N) is 5. The van der Waals surface area contributed by atoms with Crippen LogP contribution in [0.2, 0.25) is 0 Å². The molecule has 2 aliphatic rings. The highest BCUT2D eigenvalue weighted by Crippen LogP contribution is 2.33. The fourth-order valence-electron chi connectivity index (χ4n) is 4.60. The molecule has 1 aliphatic heterocycles. The van der Waals surface area contributed by atoms with Crippen molar-refractivity contribution in [2.75, 3.05) is 13.1 Å². The molecule has 5 rings (SSSR count). The molecule has 152 valence electrons. The third-order valence-corrected chi connectivity index (χ3v) is 7.45. The lowest BCUT2D eigenvalue weighted by molar-refractivity contribution is 0.0710. The van der Waals surface area contributed by atoms with Crippen LogP contribution in [-0.4, -0.2) is 43.5 Å². The molecule has 1 unspecified atom stereocenters. The van der Waals surface area contributed by atoms with Crippen molar-refractivity contribution in [2.45, 2.75) is 64.2 Å². The zero-order chi connectivity index (χ0) is 20.0. The summed E-state index contributed by atoms with van der Waals surface area (Å²) in [5.41, 5.74) is 3.56. The van der Waals surface area contributed by atoms with Crippen LogP contribution < -0.4 is 0 Å². The maximum absolute atomic E-state index is 13.3. The molecule has 0 bridgehead atoms. The van der Waals surface area contributed by atoms with Gasteiger partial charge in [0, 0.05) is 29.6 Å². The predicted octanol–water partition coefficient (Wildman–Crippen LogP) is 4.21. The highest BCUT2D eigenvalue weighted by Gasteiger charge is 2.29. The second-order valence-corrected chi connectivity index (χ2v) is 9.73. The fourth-order valence-corrected chi connectivity index (χ4v) is 5.82. The van der Waals surface area contributed by atoms with Crippen LogP contribution >= 0.6 is 11.3 Å². The average Bonchev–Trinajstić information content (AvgIpc) is 3.39. The Balaban J connectivity index is 1.42. The van der Waals surface area contributed by atoms with Gasteiger partial charge >= 0.3 is 0 Å². The summed E-state index contributed by atoms with van der Waals surface area (Å²) >= 11 is 1.72. The highest BCUT2D eigenvalue weighted by atomic mass is 32.1. The third-order valence-electron chi connectivity index (χ3n) is 6.22. The smallest absolute Gasteiger partial charge is 0.263 e. The number of carbonyl (C=O) groups is 1. The number of carbonyl (C=O) groups excluding carboxylic acids is 1. The van der Waals surface area contributed by atoms with E-state index in [9.17, 15) is 4.79 Å². The topological polar surface area (TPSA) is 63.4 Å². The van der Waals surface area contributed by atoms with E-state index in [4.69, 9.17) is 0 Å². The number of fused-ring (bicyclic) bond motifs is 2. The summed E-state index contributed by atoms with van der Waals surface area (Å²) in [7, 11) is 0. The van der Waals surface area contributed by atoms with Crippen LogP contribution in [0, 0.1) is 0 Å². The quantitative estimate of drug-likeness (QED) is 0.650. The number of thiophene rings is 1. The maximum Gasteiger partial charge on any atom is 0.263 e. The van der Waals surface area contributed by atoms with Gasteiger partial charge in [-0.1, -0.05) is 13.8 Å². The summed E-state index contributed by atoms with van der Waals surface area (Å²) in [6.07, 6.45) is 8.39. The number of rotatable bonds is 3. The number of piperidine rings is 1. The van der Waals surface area contributed by atoms with E-state index < -0.39 is 0 Å². The first-order valence-corrected chi connectivity index (χ1v) is 11.5. The summed E-state index contributed by atoms with van der Waals surface area (Å²) in [4.78, 5) is 26.6. The van der Waals surface area contributed by atoms with Crippen molar-refractivity contribution in [2.24, 2.45) is 0 Å². The van der Waals surface area contributed by atoms with E-state index in [1.807, 2.05) is 9.42 Å². The predicted molar refractivity (Wildman–Crippen MR) is 114 cm³/mol. The molecule has 7 heteroatoms. The van der Waals surface area contributed by atoms with Gasteiger partial charge < -0.3 is 4.90 Å². The van der Waals surface area contributed by atoms with E-state index in [1.165, 1.54) is 23.3 Å². The Morgan fingerprint density at radius 2 is 2.07 bits per heavy atom. The summed E-state index contributed by atoms with van der Waals surface area (Å²) in [6.45, 7) is 5.86. The summed E-state index contributed by atoms with van der Waals surface area (Å²) < 4.78 is 1.86. The molecular weight excluding hydrogens is 382 g/mol. The second kappa shape index (κ2) is 7.52. The Kier molecular flexibility index (Phi) is 4.86. The molecule has 1 atom stereocenters. The summed E-state index contributed by atoms with van der Waals surface area (Å²) in [5, 5.41) is 4.41. The van der Waals surface area contributed by atoms with Gasteiger partial charge in [-0.15, -0.1) is 11.3 Å². The van der Waals surface area contributed by atoms with Gasteiger partial charge in [0.15, 0.2) is 0 Å². The first-order chi connectivity index (χ1) is 14.1. The molecule has 3 aromatic rings. The molecule has 3 aromatic heterocycles. The zero-order valence-electron chi connectivity index (χ0n) is 17.1. The van der Waals surface area contributed by atoms with Crippen molar-refractivity contribution in [1.82, 2.24) is 24.5 Å². The molecule has 0 spiro atoms. The Morgan fingerprint density at radius 1 is 1.21 bits per heavy atom. The van der Waals surface area contributed by atoms with Gasteiger partial charge in [-0.05, 0) is 62.1 Å². The van der Waals surface area contributed by atoms with E-state index in [-0.39, 0.29) is 11.8 Å². The maximum atomic E-state index is 13.3. The molecule has 6 nitrogen and oxygen atoms in total. The van der Waals surface area contributed by atoms with E-state index in [0.717, 1.165) is 55.0 Å². The van der Waals surface area contributed by atoms with Crippen molar-refractivity contribution in [1.29, 1.82) is 0 Å². The van der Waals surface area contributed by atoms with Crippen molar-refractivity contribution in [3.05, 3.63) is 45.2 Å². The van der Waals surface area contributed by atoms with Gasteiger partial charge in [0.05, 0.1) is 10.6 Å². The first kappa shape index (κ1) is 18.7. The van der Waals surface area contributed by atoms with Crippen molar-refractivity contribution in [3.8, 4) is 0 Å². The molecule has 1 aliphatic carbocycles. The molecule has 1 amide bonds. The standard InChI is InChI=1S/C22H27N5OS/c1-14(2)17-11-18(27-22(25-17)23-13-24-27)16-7-5-9-26(12-16)21(28)20-10-15-6-3-4-8-19(15)29-20/h10-11,13-14,16H,3-9,12H2,1-2H3. The molecule has 0 N–H and O–H groups in total. The van der Waals surface area contributed by atoms with Gasteiger partial charge in [0.25, 0.3) is 11.7 Å². The van der Waals surface area contributed by atoms with Crippen molar-refractivity contribution >= 4 is 23.0 Å². The minimum Gasteiger partial charge on any atom is -0.337 e. The lowest BCUT2D eigenvalue weighted by Crippen LogP contribution is -2.39. The SMILES string of the molecule is CC(C)c1cc(C2CCCN(C(=O)c3cc4c(s3)CCCC4)C2)n2ncnc2n1. The molecule has 0 radical (unpaired) electrons. The number of likely N-dealkylation sites (tertiary alicyclic amines) is 1. The van der Waals surface area contributed by atoms with E-state index >= 15 is 0 Å². The van der Waals surface area contributed by atoms with Crippen LogP contribution in [0.1, 0.15) is 82.9 Å². The van der Waals surface area contributed by atoms with Crippen LogP contribution in [0.25, 0.3) is 5.78 Å². The highest BCUT2D eigenvalue weighted by molar-refractivity contribution is 7.14. The average molecular weight is 410 g/mol. The van der Waals surface area contributed by atoms with Gasteiger partial charge in [0.2, 0.25) is 0 Å². The zero-order valence-corrected chi connectivity index (χ0v) is 17.9. The van der Waals surface area contributed by atoms with E-state index in [1.54, 1.807) is 17.7 Å².